The van der Waals surface area contributed by atoms with Crippen LogP contribution in [0.1, 0.15) is 239 Å². The Hall–Kier alpha value is -3.93. The molecule has 0 aromatic heterocycles. The topological polar surface area (TPSA) is 78.9 Å². The second kappa shape index (κ2) is 54.7. The molecule has 1 atom stereocenters. The van der Waals surface area contributed by atoms with Gasteiger partial charge in [-0.2, -0.15) is 0 Å². The van der Waals surface area contributed by atoms with Gasteiger partial charge in [0.2, 0.25) is 0 Å². The minimum absolute atomic E-state index is 0.109. The molecule has 0 aliphatic heterocycles. The van der Waals surface area contributed by atoms with E-state index in [1.165, 1.54) is 103 Å². The predicted molar refractivity (Wildman–Crippen MR) is 288 cm³/mol. The number of hydrogen-bond donors (Lipinski definition) is 0. The zero-order valence-corrected chi connectivity index (χ0v) is 43.4. The predicted octanol–water partition coefficient (Wildman–Crippen LogP) is 18.3. The molecule has 6 heteroatoms. The molecular weight excluding hydrogens is 829 g/mol. The second-order valence-corrected chi connectivity index (χ2v) is 17.9. The van der Waals surface area contributed by atoms with Gasteiger partial charge in [0.25, 0.3) is 0 Å². The van der Waals surface area contributed by atoms with E-state index in [0.29, 0.717) is 12.8 Å². The summed E-state index contributed by atoms with van der Waals surface area (Å²) in [6.07, 6.45) is 73.6. The van der Waals surface area contributed by atoms with E-state index in [1.807, 2.05) is 60.8 Å². The van der Waals surface area contributed by atoms with Crippen molar-refractivity contribution in [2.75, 3.05) is 13.2 Å². The maximum Gasteiger partial charge on any atom is 0.306 e. The van der Waals surface area contributed by atoms with Gasteiger partial charge in [-0.15, -0.1) is 0 Å². The highest BCUT2D eigenvalue weighted by Gasteiger charge is 2.19. The van der Waals surface area contributed by atoms with E-state index in [0.717, 1.165) is 96.3 Å². The normalized spacial score (nSPS) is 12.9. The van der Waals surface area contributed by atoms with E-state index in [-0.39, 0.29) is 37.5 Å². The highest BCUT2D eigenvalue weighted by molar-refractivity contribution is 5.71. The molecule has 6 nitrogen and oxygen atoms in total. The average Bonchev–Trinajstić information content (AvgIpc) is 3.33. The molecule has 1 unspecified atom stereocenters. The van der Waals surface area contributed by atoms with Crippen molar-refractivity contribution in [3.05, 3.63) is 109 Å². The summed E-state index contributed by atoms with van der Waals surface area (Å²) < 4.78 is 16.8. The lowest BCUT2D eigenvalue weighted by molar-refractivity contribution is -0.167. The Labute approximate surface area is 412 Å². The fourth-order valence-corrected chi connectivity index (χ4v) is 7.28. The van der Waals surface area contributed by atoms with Crippen LogP contribution in [0.2, 0.25) is 0 Å². The molecule has 0 aromatic rings. The van der Waals surface area contributed by atoms with E-state index < -0.39 is 6.10 Å². The first-order valence-electron chi connectivity index (χ1n) is 27.5. The first kappa shape index (κ1) is 63.1. The second-order valence-electron chi connectivity index (χ2n) is 17.9. The lowest BCUT2D eigenvalue weighted by Crippen LogP contribution is -2.30. The van der Waals surface area contributed by atoms with Crippen LogP contribution in [-0.2, 0) is 28.6 Å². The molecule has 0 amide bonds. The fourth-order valence-electron chi connectivity index (χ4n) is 7.28. The quantitative estimate of drug-likeness (QED) is 0.0199. The molecule has 67 heavy (non-hydrogen) atoms. The number of unbranched alkanes of at least 4 members (excludes halogenated alkanes) is 25. The van der Waals surface area contributed by atoms with E-state index >= 15 is 0 Å². The third-order valence-corrected chi connectivity index (χ3v) is 11.4. The standard InChI is InChI=1S/C61H100O6/c1-4-7-10-13-16-19-22-25-28-31-34-36-39-42-45-48-51-54-60(63)66-57-58(67-61(64)55-52-49-46-43-40-37-33-30-27-24-21-18-15-12-9-6-3)56-65-59(62)53-50-47-44-41-38-35-32-29-26-23-20-17-14-11-8-5-2/h7,10,13,16,19,22,25,28-34,36-37,39-40,58H,4-6,8-9,11-12,14-15,17-18,20-21,23-24,26-27,35,38,41-57H2,1-3H3/b10-7-,16-13-,22-19-,28-25-,32-29-,33-30-,34-31+,39-36-,40-37-. The van der Waals surface area contributed by atoms with Crippen molar-refractivity contribution in [2.45, 2.75) is 245 Å². The summed E-state index contributed by atoms with van der Waals surface area (Å²) in [5.74, 6) is -0.990. The fraction of sp³-hybridized carbons (Fsp3) is 0.656. The van der Waals surface area contributed by atoms with Gasteiger partial charge in [-0.3, -0.25) is 14.4 Å². The molecule has 380 valence electrons. The summed E-state index contributed by atoms with van der Waals surface area (Å²) in [4.78, 5) is 38.1. The van der Waals surface area contributed by atoms with Crippen LogP contribution < -0.4 is 0 Å². The van der Waals surface area contributed by atoms with Crippen molar-refractivity contribution in [3.8, 4) is 0 Å². The monoisotopic (exact) mass is 929 g/mol. The molecule has 0 fully saturated rings. The zero-order valence-electron chi connectivity index (χ0n) is 43.4. The van der Waals surface area contributed by atoms with Gasteiger partial charge in [-0.1, -0.05) is 239 Å². The molecular formula is C61H100O6. The van der Waals surface area contributed by atoms with Gasteiger partial charge in [-0.25, -0.2) is 0 Å². The molecule has 0 saturated heterocycles. The zero-order chi connectivity index (χ0) is 48.6. The van der Waals surface area contributed by atoms with Crippen LogP contribution in [0.15, 0.2) is 109 Å². The molecule has 0 spiro atoms. The Morgan fingerprint density at radius 2 is 0.597 bits per heavy atom. The van der Waals surface area contributed by atoms with Crippen LogP contribution in [-0.4, -0.2) is 37.2 Å². The van der Waals surface area contributed by atoms with Crippen molar-refractivity contribution in [3.63, 3.8) is 0 Å². The Morgan fingerprint density at radius 3 is 0.985 bits per heavy atom. The van der Waals surface area contributed by atoms with Gasteiger partial charge >= 0.3 is 17.9 Å². The smallest absolute Gasteiger partial charge is 0.306 e. The molecule has 0 aromatic carbocycles. The van der Waals surface area contributed by atoms with Gasteiger partial charge in [0.1, 0.15) is 13.2 Å². The Morgan fingerprint density at radius 1 is 0.313 bits per heavy atom. The van der Waals surface area contributed by atoms with Gasteiger partial charge in [0.05, 0.1) is 0 Å². The van der Waals surface area contributed by atoms with Crippen LogP contribution in [0.3, 0.4) is 0 Å². The lowest BCUT2D eigenvalue weighted by atomic mass is 10.1. The van der Waals surface area contributed by atoms with Crippen LogP contribution in [0.4, 0.5) is 0 Å². The highest BCUT2D eigenvalue weighted by Crippen LogP contribution is 2.13. The van der Waals surface area contributed by atoms with Crippen molar-refractivity contribution < 1.29 is 28.6 Å². The first-order valence-corrected chi connectivity index (χ1v) is 27.5. The lowest BCUT2D eigenvalue weighted by Gasteiger charge is -2.18. The van der Waals surface area contributed by atoms with E-state index in [4.69, 9.17) is 14.2 Å². The van der Waals surface area contributed by atoms with Crippen LogP contribution in [0, 0.1) is 0 Å². The molecule has 0 rings (SSSR count). The Bertz CT molecular complexity index is 1390. The first-order chi connectivity index (χ1) is 33.0. The molecule has 0 N–H and O–H groups in total. The van der Waals surface area contributed by atoms with E-state index in [2.05, 4.69) is 69.4 Å². The highest BCUT2D eigenvalue weighted by atomic mass is 16.6. The molecule has 0 radical (unpaired) electrons. The average molecular weight is 929 g/mol. The van der Waals surface area contributed by atoms with E-state index in [1.54, 1.807) is 0 Å². The van der Waals surface area contributed by atoms with Gasteiger partial charge in [-0.05, 0) is 89.9 Å². The van der Waals surface area contributed by atoms with Crippen LogP contribution >= 0.6 is 0 Å². The van der Waals surface area contributed by atoms with Gasteiger partial charge < -0.3 is 14.2 Å². The summed E-state index contributed by atoms with van der Waals surface area (Å²) >= 11 is 0. The number of carbonyl (C=O) groups is 3. The molecule has 0 aliphatic rings. The minimum Gasteiger partial charge on any atom is -0.462 e. The van der Waals surface area contributed by atoms with Crippen molar-refractivity contribution in [1.82, 2.24) is 0 Å². The number of ether oxygens (including phenoxy) is 3. The number of rotatable bonds is 48. The van der Waals surface area contributed by atoms with Crippen molar-refractivity contribution in [1.29, 1.82) is 0 Å². The van der Waals surface area contributed by atoms with Crippen molar-refractivity contribution in [2.24, 2.45) is 0 Å². The third kappa shape index (κ3) is 52.9. The van der Waals surface area contributed by atoms with Gasteiger partial charge in [0.15, 0.2) is 6.10 Å². The molecule has 0 bridgehead atoms. The van der Waals surface area contributed by atoms with Crippen LogP contribution in [0.5, 0.6) is 0 Å². The summed E-state index contributed by atoms with van der Waals surface area (Å²) in [5, 5.41) is 0. The summed E-state index contributed by atoms with van der Waals surface area (Å²) in [6.45, 7) is 6.42. The minimum atomic E-state index is -0.816. The summed E-state index contributed by atoms with van der Waals surface area (Å²) in [5.41, 5.74) is 0. The van der Waals surface area contributed by atoms with Gasteiger partial charge in [0, 0.05) is 19.3 Å². The third-order valence-electron chi connectivity index (χ3n) is 11.4. The van der Waals surface area contributed by atoms with Crippen molar-refractivity contribution >= 4 is 17.9 Å². The van der Waals surface area contributed by atoms with Crippen LogP contribution in [0.25, 0.3) is 0 Å². The molecule has 0 heterocycles. The number of esters is 3. The number of carbonyl (C=O) groups excluding carboxylic acids is 3. The SMILES string of the molecule is CC\C=C/C=C\C=C/C=C\C=C\C=C/CCCCCC(=O)OCC(COC(=O)CCCCCCC/C=C\CCCCCCCCC)OC(=O)CCCCC/C=C\C=C/CCCCCCCCC. The summed E-state index contributed by atoms with van der Waals surface area (Å²) in [7, 11) is 0. The Balaban J connectivity index is 4.55. The largest absolute Gasteiger partial charge is 0.462 e. The molecule has 0 saturated carbocycles. The maximum absolute atomic E-state index is 12.8. The Kier molecular flexibility index (Phi) is 51.5. The maximum atomic E-state index is 12.8. The number of allylic oxidation sites excluding steroid dienone is 18. The number of hydrogen-bond acceptors (Lipinski definition) is 6. The van der Waals surface area contributed by atoms with E-state index in [9.17, 15) is 14.4 Å². The summed E-state index contributed by atoms with van der Waals surface area (Å²) in [6, 6.07) is 0. The molecule has 0 aliphatic carbocycles.